The first-order valence-corrected chi connectivity index (χ1v) is 8.85. The van der Waals surface area contributed by atoms with E-state index in [0.29, 0.717) is 13.0 Å². The van der Waals surface area contributed by atoms with Gasteiger partial charge < -0.3 is 10.1 Å². The lowest BCUT2D eigenvalue weighted by atomic mass is 9.93. The molecule has 2 rings (SSSR count). The Labute approximate surface area is 137 Å². The fourth-order valence-corrected chi connectivity index (χ4v) is 3.28. The first-order chi connectivity index (χ1) is 10.4. The molecule has 2 heterocycles. The molecule has 1 saturated heterocycles. The first-order valence-electron chi connectivity index (χ1n) is 7.97. The SMILES string of the molecule is CC(C)(C)c1csc(CCC(=O)NCCN2CCOCC2)n1. The number of aryl methyl sites for hydroxylation is 1. The summed E-state index contributed by atoms with van der Waals surface area (Å²) in [5.41, 5.74) is 1.19. The summed E-state index contributed by atoms with van der Waals surface area (Å²) in [6, 6.07) is 0. The number of rotatable bonds is 6. The number of morpholine rings is 1. The molecule has 1 aliphatic rings. The van der Waals surface area contributed by atoms with E-state index in [4.69, 9.17) is 4.74 Å². The van der Waals surface area contributed by atoms with Gasteiger partial charge in [-0.3, -0.25) is 9.69 Å². The lowest BCUT2D eigenvalue weighted by molar-refractivity contribution is -0.121. The Bertz CT molecular complexity index is 476. The van der Waals surface area contributed by atoms with Crippen LogP contribution in [0.15, 0.2) is 5.38 Å². The third-order valence-electron chi connectivity index (χ3n) is 3.74. The molecule has 0 radical (unpaired) electrons. The number of hydrogen-bond acceptors (Lipinski definition) is 5. The van der Waals surface area contributed by atoms with Crippen molar-refractivity contribution in [3.63, 3.8) is 0 Å². The average Bonchev–Trinajstić information content (AvgIpc) is 2.95. The summed E-state index contributed by atoms with van der Waals surface area (Å²) in [5.74, 6) is 0.112. The van der Waals surface area contributed by atoms with Crippen molar-refractivity contribution < 1.29 is 9.53 Å². The van der Waals surface area contributed by atoms with Crippen LogP contribution in [0.3, 0.4) is 0 Å². The number of hydrogen-bond donors (Lipinski definition) is 1. The van der Waals surface area contributed by atoms with Crippen molar-refractivity contribution >= 4 is 17.2 Å². The van der Waals surface area contributed by atoms with Gasteiger partial charge in [-0.2, -0.15) is 0 Å². The number of ether oxygens (including phenoxy) is 1. The fourth-order valence-electron chi connectivity index (χ4n) is 2.26. The van der Waals surface area contributed by atoms with Gasteiger partial charge in [-0.25, -0.2) is 4.98 Å². The second kappa shape index (κ2) is 8.04. The quantitative estimate of drug-likeness (QED) is 0.867. The van der Waals surface area contributed by atoms with Crippen LogP contribution in [-0.4, -0.2) is 55.2 Å². The Morgan fingerprint density at radius 1 is 1.41 bits per heavy atom. The summed E-state index contributed by atoms with van der Waals surface area (Å²) >= 11 is 1.65. The van der Waals surface area contributed by atoms with Crippen LogP contribution in [0.4, 0.5) is 0 Å². The summed E-state index contributed by atoms with van der Waals surface area (Å²) in [6.45, 7) is 11.6. The maximum atomic E-state index is 11.9. The molecule has 0 bridgehead atoms. The Balaban J connectivity index is 1.64. The zero-order valence-electron chi connectivity index (χ0n) is 13.9. The lowest BCUT2D eigenvalue weighted by Gasteiger charge is -2.26. The molecule has 0 aliphatic carbocycles. The Kier molecular flexibility index (Phi) is 6.35. The average molecular weight is 325 g/mol. The van der Waals surface area contributed by atoms with Crippen molar-refractivity contribution in [2.75, 3.05) is 39.4 Å². The van der Waals surface area contributed by atoms with Crippen LogP contribution in [0.2, 0.25) is 0 Å². The minimum Gasteiger partial charge on any atom is -0.379 e. The van der Waals surface area contributed by atoms with E-state index >= 15 is 0 Å². The fraction of sp³-hybridized carbons (Fsp3) is 0.750. The van der Waals surface area contributed by atoms with Gasteiger partial charge in [0, 0.05) is 49.8 Å². The maximum Gasteiger partial charge on any atom is 0.220 e. The highest BCUT2D eigenvalue weighted by molar-refractivity contribution is 7.09. The van der Waals surface area contributed by atoms with Gasteiger partial charge in [0.15, 0.2) is 0 Å². The van der Waals surface area contributed by atoms with E-state index in [9.17, 15) is 4.79 Å². The minimum atomic E-state index is 0.0785. The predicted molar refractivity (Wildman–Crippen MR) is 89.4 cm³/mol. The highest BCUT2D eigenvalue weighted by Crippen LogP contribution is 2.24. The molecule has 1 amide bonds. The van der Waals surface area contributed by atoms with Crippen LogP contribution >= 0.6 is 11.3 Å². The minimum absolute atomic E-state index is 0.0785. The maximum absolute atomic E-state index is 11.9. The number of thiazole rings is 1. The van der Waals surface area contributed by atoms with Crippen LogP contribution in [0.25, 0.3) is 0 Å². The van der Waals surface area contributed by atoms with Crippen LogP contribution in [0, 0.1) is 0 Å². The van der Waals surface area contributed by atoms with Gasteiger partial charge >= 0.3 is 0 Å². The molecule has 124 valence electrons. The normalized spacial score (nSPS) is 16.7. The van der Waals surface area contributed by atoms with Gasteiger partial charge in [0.05, 0.1) is 23.9 Å². The molecule has 0 aromatic carbocycles. The smallest absolute Gasteiger partial charge is 0.220 e. The first kappa shape index (κ1) is 17.4. The summed E-state index contributed by atoms with van der Waals surface area (Å²) in [5, 5.41) is 6.14. The van der Waals surface area contributed by atoms with Crippen LogP contribution in [-0.2, 0) is 21.4 Å². The molecular formula is C16H27N3O2S. The molecule has 1 aromatic heterocycles. The van der Waals surface area contributed by atoms with Gasteiger partial charge in [0.25, 0.3) is 0 Å². The third-order valence-corrected chi connectivity index (χ3v) is 4.65. The summed E-state index contributed by atoms with van der Waals surface area (Å²) in [7, 11) is 0. The summed E-state index contributed by atoms with van der Waals surface area (Å²) in [6.07, 6.45) is 1.24. The predicted octanol–water partition coefficient (Wildman–Crippen LogP) is 1.82. The van der Waals surface area contributed by atoms with E-state index in [1.165, 1.54) is 0 Å². The van der Waals surface area contributed by atoms with Crippen LogP contribution in [0.5, 0.6) is 0 Å². The largest absolute Gasteiger partial charge is 0.379 e. The number of amides is 1. The standard InChI is InChI=1S/C16H27N3O2S/c1-16(2,3)13-12-22-15(18-13)5-4-14(20)17-6-7-19-8-10-21-11-9-19/h12H,4-11H2,1-3H3,(H,17,20). The zero-order valence-corrected chi connectivity index (χ0v) is 14.7. The molecule has 1 fully saturated rings. The summed E-state index contributed by atoms with van der Waals surface area (Å²) in [4.78, 5) is 18.8. The molecule has 22 heavy (non-hydrogen) atoms. The Morgan fingerprint density at radius 3 is 2.77 bits per heavy atom. The molecule has 5 nitrogen and oxygen atoms in total. The van der Waals surface area contributed by atoms with E-state index < -0.39 is 0 Å². The van der Waals surface area contributed by atoms with Gasteiger partial charge in [-0.1, -0.05) is 20.8 Å². The highest BCUT2D eigenvalue weighted by Gasteiger charge is 2.17. The van der Waals surface area contributed by atoms with E-state index in [1.807, 2.05) is 0 Å². The second-order valence-electron chi connectivity index (χ2n) is 6.68. The van der Waals surface area contributed by atoms with Crippen molar-refractivity contribution in [3.05, 3.63) is 16.1 Å². The van der Waals surface area contributed by atoms with Gasteiger partial charge in [-0.15, -0.1) is 11.3 Å². The monoisotopic (exact) mass is 325 g/mol. The topological polar surface area (TPSA) is 54.5 Å². The molecule has 0 atom stereocenters. The van der Waals surface area contributed by atoms with E-state index in [2.05, 4.69) is 41.4 Å². The van der Waals surface area contributed by atoms with E-state index in [-0.39, 0.29) is 11.3 Å². The van der Waals surface area contributed by atoms with Gasteiger partial charge in [-0.05, 0) is 0 Å². The zero-order chi connectivity index (χ0) is 16.0. The van der Waals surface area contributed by atoms with Crippen LogP contribution < -0.4 is 5.32 Å². The molecule has 1 aromatic rings. The molecular weight excluding hydrogens is 298 g/mol. The van der Waals surface area contributed by atoms with E-state index in [0.717, 1.165) is 50.0 Å². The van der Waals surface area contributed by atoms with Crippen molar-refractivity contribution in [2.24, 2.45) is 0 Å². The summed E-state index contributed by atoms with van der Waals surface area (Å²) < 4.78 is 5.31. The van der Waals surface area contributed by atoms with E-state index in [1.54, 1.807) is 11.3 Å². The molecule has 1 N–H and O–H groups in total. The number of aromatic nitrogens is 1. The van der Waals surface area contributed by atoms with Crippen molar-refractivity contribution in [2.45, 2.75) is 39.0 Å². The van der Waals surface area contributed by atoms with Gasteiger partial charge in [0.2, 0.25) is 5.91 Å². The Hall–Kier alpha value is -0.980. The number of nitrogens with zero attached hydrogens (tertiary/aromatic N) is 2. The number of carbonyl (C=O) groups excluding carboxylic acids is 1. The highest BCUT2D eigenvalue weighted by atomic mass is 32.1. The molecule has 0 unspecified atom stereocenters. The number of carbonyl (C=O) groups is 1. The van der Waals surface area contributed by atoms with Gasteiger partial charge in [0.1, 0.15) is 0 Å². The molecule has 0 saturated carbocycles. The van der Waals surface area contributed by atoms with Crippen LogP contribution in [0.1, 0.15) is 37.9 Å². The lowest BCUT2D eigenvalue weighted by Crippen LogP contribution is -2.41. The van der Waals surface area contributed by atoms with Crippen molar-refractivity contribution in [1.29, 1.82) is 0 Å². The molecule has 0 spiro atoms. The van der Waals surface area contributed by atoms with Crippen molar-refractivity contribution in [1.82, 2.24) is 15.2 Å². The number of nitrogens with one attached hydrogen (secondary N) is 1. The molecule has 1 aliphatic heterocycles. The van der Waals surface area contributed by atoms with Crippen molar-refractivity contribution in [3.8, 4) is 0 Å². The third kappa shape index (κ3) is 5.66. The second-order valence-corrected chi connectivity index (χ2v) is 7.62. The Morgan fingerprint density at radius 2 is 2.14 bits per heavy atom. The molecule has 6 heteroatoms.